The van der Waals surface area contributed by atoms with E-state index in [1.54, 1.807) is 0 Å². The number of rotatable bonds is 8. The average Bonchev–Trinajstić information content (AvgIpc) is 3.18. The molecule has 0 spiro atoms. The maximum Gasteiger partial charge on any atom is 0.239 e. The molecule has 19 heavy (non-hydrogen) atoms. The van der Waals surface area contributed by atoms with Crippen molar-refractivity contribution < 1.29 is 9.59 Å². The van der Waals surface area contributed by atoms with Gasteiger partial charge in [0.1, 0.15) is 0 Å². The molecule has 0 aromatic rings. The van der Waals surface area contributed by atoms with Crippen LogP contribution >= 0.6 is 0 Å². The summed E-state index contributed by atoms with van der Waals surface area (Å²) < 4.78 is 0. The maximum atomic E-state index is 11.5. The fourth-order valence-electron chi connectivity index (χ4n) is 1.72. The van der Waals surface area contributed by atoms with Crippen molar-refractivity contribution in [3.8, 4) is 0 Å². The molecule has 0 aliphatic heterocycles. The van der Waals surface area contributed by atoms with Gasteiger partial charge in [0.15, 0.2) is 0 Å². The van der Waals surface area contributed by atoms with Gasteiger partial charge >= 0.3 is 0 Å². The van der Waals surface area contributed by atoms with Crippen molar-refractivity contribution in [2.75, 3.05) is 26.7 Å². The van der Waals surface area contributed by atoms with Crippen LogP contribution in [-0.2, 0) is 9.59 Å². The predicted octanol–water partition coefficient (Wildman–Crippen LogP) is -0.704. The van der Waals surface area contributed by atoms with E-state index in [0.29, 0.717) is 12.6 Å². The zero-order valence-corrected chi connectivity index (χ0v) is 12.1. The molecule has 4 N–H and O–H groups in total. The van der Waals surface area contributed by atoms with E-state index in [1.807, 2.05) is 13.8 Å². The highest BCUT2D eigenvalue weighted by Gasteiger charge is 2.25. The minimum atomic E-state index is -0.561. The molecular formula is C13H26N4O2. The Bertz CT molecular complexity index is 316. The number of carbonyl (C=O) groups is 2. The number of likely N-dealkylation sites (N-methyl/N-ethyl adjacent to an activating group) is 1. The first-order chi connectivity index (χ1) is 8.91. The standard InChI is InChI=1S/C13H26N4O2/c1-9(2)12(14)13(19)16-8-11(18)15-6-7-17(3)10-4-5-10/h9-10,12H,4-8,14H2,1-3H3,(H,15,18)(H,16,19)/t12-/m0/s1. The second-order valence-electron chi connectivity index (χ2n) is 5.55. The highest BCUT2D eigenvalue weighted by Crippen LogP contribution is 2.24. The summed E-state index contributed by atoms with van der Waals surface area (Å²) in [7, 11) is 2.06. The highest BCUT2D eigenvalue weighted by molar-refractivity contribution is 5.87. The average molecular weight is 270 g/mol. The molecule has 1 saturated carbocycles. The fourth-order valence-corrected chi connectivity index (χ4v) is 1.72. The predicted molar refractivity (Wildman–Crippen MR) is 74.5 cm³/mol. The maximum absolute atomic E-state index is 11.5. The zero-order chi connectivity index (χ0) is 14.4. The number of hydrogen-bond acceptors (Lipinski definition) is 4. The molecule has 2 amide bonds. The van der Waals surface area contributed by atoms with Crippen molar-refractivity contribution in [1.82, 2.24) is 15.5 Å². The normalized spacial score (nSPS) is 16.5. The van der Waals surface area contributed by atoms with Crippen LogP contribution in [0.15, 0.2) is 0 Å². The Labute approximate surface area is 115 Å². The van der Waals surface area contributed by atoms with Crippen LogP contribution in [0.3, 0.4) is 0 Å². The fraction of sp³-hybridized carbons (Fsp3) is 0.846. The third-order valence-corrected chi connectivity index (χ3v) is 3.40. The minimum absolute atomic E-state index is 0.00754. The first kappa shape index (κ1) is 15.9. The van der Waals surface area contributed by atoms with Gasteiger partial charge in [-0.1, -0.05) is 13.8 Å². The molecule has 0 aromatic heterocycles. The summed E-state index contributed by atoms with van der Waals surface area (Å²) in [6.45, 7) is 5.19. The smallest absolute Gasteiger partial charge is 0.239 e. The molecular weight excluding hydrogens is 244 g/mol. The summed E-state index contributed by atoms with van der Waals surface area (Å²) in [5, 5.41) is 5.33. The van der Waals surface area contributed by atoms with E-state index in [1.165, 1.54) is 12.8 Å². The van der Waals surface area contributed by atoms with Crippen molar-refractivity contribution in [3.63, 3.8) is 0 Å². The Balaban J connectivity index is 2.08. The molecule has 1 fully saturated rings. The molecule has 0 saturated heterocycles. The van der Waals surface area contributed by atoms with E-state index in [0.717, 1.165) is 6.54 Å². The Kier molecular flexibility index (Phi) is 6.24. The van der Waals surface area contributed by atoms with Crippen molar-refractivity contribution in [2.24, 2.45) is 11.7 Å². The zero-order valence-electron chi connectivity index (χ0n) is 12.1. The van der Waals surface area contributed by atoms with Crippen LogP contribution in [0.4, 0.5) is 0 Å². The van der Waals surface area contributed by atoms with Gasteiger partial charge in [-0.3, -0.25) is 9.59 Å². The van der Waals surface area contributed by atoms with E-state index < -0.39 is 6.04 Å². The van der Waals surface area contributed by atoms with Gasteiger partial charge in [0.05, 0.1) is 12.6 Å². The Morgan fingerprint density at radius 2 is 1.95 bits per heavy atom. The molecule has 0 radical (unpaired) electrons. The summed E-state index contributed by atoms with van der Waals surface area (Å²) in [6, 6.07) is 0.134. The van der Waals surface area contributed by atoms with Gasteiger partial charge < -0.3 is 21.3 Å². The molecule has 1 aliphatic rings. The molecule has 1 aliphatic carbocycles. The monoisotopic (exact) mass is 270 g/mol. The third kappa shape index (κ3) is 6.02. The van der Waals surface area contributed by atoms with Gasteiger partial charge in [0.25, 0.3) is 0 Å². The van der Waals surface area contributed by atoms with Crippen LogP contribution in [0.25, 0.3) is 0 Å². The molecule has 1 rings (SSSR count). The lowest BCUT2D eigenvalue weighted by atomic mass is 10.1. The van der Waals surface area contributed by atoms with Crippen molar-refractivity contribution in [1.29, 1.82) is 0 Å². The van der Waals surface area contributed by atoms with Crippen LogP contribution in [0, 0.1) is 5.92 Å². The van der Waals surface area contributed by atoms with E-state index in [-0.39, 0.29) is 24.3 Å². The number of nitrogens with one attached hydrogen (secondary N) is 2. The van der Waals surface area contributed by atoms with E-state index in [9.17, 15) is 9.59 Å². The Hall–Kier alpha value is -1.14. The number of carbonyl (C=O) groups excluding carboxylic acids is 2. The van der Waals surface area contributed by atoms with Gasteiger partial charge in [-0.05, 0) is 25.8 Å². The van der Waals surface area contributed by atoms with Gasteiger partial charge in [-0.15, -0.1) is 0 Å². The van der Waals surface area contributed by atoms with Crippen molar-refractivity contribution in [3.05, 3.63) is 0 Å². The van der Waals surface area contributed by atoms with E-state index in [4.69, 9.17) is 5.73 Å². The summed E-state index contributed by atoms with van der Waals surface area (Å²) in [5.74, 6) is -0.385. The van der Waals surface area contributed by atoms with Gasteiger partial charge in [-0.25, -0.2) is 0 Å². The quantitative estimate of drug-likeness (QED) is 0.544. The van der Waals surface area contributed by atoms with Crippen LogP contribution in [0.1, 0.15) is 26.7 Å². The largest absolute Gasteiger partial charge is 0.353 e. The molecule has 6 heteroatoms. The lowest BCUT2D eigenvalue weighted by Crippen LogP contribution is -2.47. The van der Waals surface area contributed by atoms with Gasteiger partial charge in [0.2, 0.25) is 11.8 Å². The van der Waals surface area contributed by atoms with Crippen LogP contribution in [0.2, 0.25) is 0 Å². The van der Waals surface area contributed by atoms with Crippen LogP contribution in [0.5, 0.6) is 0 Å². The van der Waals surface area contributed by atoms with Crippen molar-refractivity contribution >= 4 is 11.8 Å². The Morgan fingerprint density at radius 3 is 2.47 bits per heavy atom. The molecule has 0 bridgehead atoms. The molecule has 0 aromatic carbocycles. The topological polar surface area (TPSA) is 87.5 Å². The molecule has 1 atom stereocenters. The second-order valence-corrected chi connectivity index (χ2v) is 5.55. The number of nitrogens with two attached hydrogens (primary N) is 1. The molecule has 0 unspecified atom stereocenters. The molecule has 110 valence electrons. The SMILES string of the molecule is CC(C)[C@H](N)C(=O)NCC(=O)NCCN(C)C1CC1. The van der Waals surface area contributed by atoms with Crippen molar-refractivity contribution in [2.45, 2.75) is 38.8 Å². The van der Waals surface area contributed by atoms with Gasteiger partial charge in [-0.2, -0.15) is 0 Å². The van der Waals surface area contributed by atoms with Crippen LogP contribution < -0.4 is 16.4 Å². The lowest BCUT2D eigenvalue weighted by molar-refractivity contribution is -0.127. The molecule has 6 nitrogen and oxygen atoms in total. The number of amides is 2. The highest BCUT2D eigenvalue weighted by atomic mass is 16.2. The van der Waals surface area contributed by atoms with E-state index >= 15 is 0 Å². The van der Waals surface area contributed by atoms with Gasteiger partial charge in [0, 0.05) is 19.1 Å². The lowest BCUT2D eigenvalue weighted by Gasteiger charge is -2.17. The third-order valence-electron chi connectivity index (χ3n) is 3.40. The first-order valence-corrected chi connectivity index (χ1v) is 6.92. The van der Waals surface area contributed by atoms with Crippen LogP contribution in [-0.4, -0.2) is 55.5 Å². The summed E-state index contributed by atoms with van der Waals surface area (Å²) >= 11 is 0. The number of nitrogens with zero attached hydrogens (tertiary/aromatic N) is 1. The summed E-state index contributed by atoms with van der Waals surface area (Å²) in [5.41, 5.74) is 5.68. The first-order valence-electron chi connectivity index (χ1n) is 6.92. The molecule has 0 heterocycles. The summed E-state index contributed by atoms with van der Waals surface area (Å²) in [6.07, 6.45) is 2.52. The second kappa shape index (κ2) is 7.45. The number of hydrogen-bond donors (Lipinski definition) is 3. The minimum Gasteiger partial charge on any atom is -0.353 e. The Morgan fingerprint density at radius 1 is 1.32 bits per heavy atom. The van der Waals surface area contributed by atoms with E-state index in [2.05, 4.69) is 22.6 Å². The summed E-state index contributed by atoms with van der Waals surface area (Å²) in [4.78, 5) is 25.3.